The number of allylic oxidation sites excluding steroid dienone is 4. The highest BCUT2D eigenvalue weighted by molar-refractivity contribution is 4.98. The fourth-order valence-corrected chi connectivity index (χ4v) is 4.52. The van der Waals surface area contributed by atoms with Crippen molar-refractivity contribution in [2.24, 2.45) is 0 Å². The van der Waals surface area contributed by atoms with Gasteiger partial charge in [-0.25, -0.2) is 0 Å². The predicted octanol–water partition coefficient (Wildman–Crippen LogP) is 10.7. The lowest BCUT2D eigenvalue weighted by Crippen LogP contribution is -1.84. The zero-order chi connectivity index (χ0) is 20.5. The Labute approximate surface area is 185 Å². The van der Waals surface area contributed by atoms with E-state index in [1.54, 1.807) is 0 Å². The average Bonchev–Trinajstić information content (AvgIpc) is 2.73. The molecule has 1 radical (unpaired) electrons. The van der Waals surface area contributed by atoms with Crippen molar-refractivity contribution in [1.82, 2.24) is 0 Å². The molecule has 0 aliphatic heterocycles. The summed E-state index contributed by atoms with van der Waals surface area (Å²) < 4.78 is 0. The predicted molar refractivity (Wildman–Crippen MR) is 132 cm³/mol. The summed E-state index contributed by atoms with van der Waals surface area (Å²) in [6.07, 6.45) is 46.0. The van der Waals surface area contributed by atoms with E-state index in [0.29, 0.717) is 0 Å². The zero-order valence-electron chi connectivity index (χ0n) is 19.9. The molecule has 0 aromatic carbocycles. The van der Waals surface area contributed by atoms with Crippen LogP contribution in [0.1, 0.15) is 161 Å². The van der Waals surface area contributed by atoms with Crippen LogP contribution in [0.15, 0.2) is 18.2 Å². The van der Waals surface area contributed by atoms with Gasteiger partial charge in [-0.1, -0.05) is 153 Å². The van der Waals surface area contributed by atoms with Gasteiger partial charge >= 0.3 is 0 Å². The molecule has 0 unspecified atom stereocenters. The van der Waals surface area contributed by atoms with E-state index in [1.165, 1.54) is 154 Å². The molecule has 0 heteroatoms. The van der Waals surface area contributed by atoms with Gasteiger partial charge in [0.2, 0.25) is 0 Å². The highest BCUT2D eigenvalue weighted by atomic mass is 14.0. The van der Waals surface area contributed by atoms with Gasteiger partial charge in [-0.05, 0) is 31.8 Å². The molecule has 0 bridgehead atoms. The molecule has 0 N–H and O–H groups in total. The Balaban J connectivity index is 2.07. The lowest BCUT2D eigenvalue weighted by atomic mass is 10.0. The Bertz CT molecular complexity index is 317. The van der Waals surface area contributed by atoms with Crippen LogP contribution in [-0.4, -0.2) is 0 Å². The van der Waals surface area contributed by atoms with Crippen molar-refractivity contribution in [1.29, 1.82) is 0 Å². The topological polar surface area (TPSA) is 0 Å². The molecule has 0 saturated heterocycles. The van der Waals surface area contributed by atoms with Gasteiger partial charge < -0.3 is 0 Å². The second kappa shape index (κ2) is 23.8. The minimum absolute atomic E-state index is 1.14. The standard InChI is InChI=1S/C29H53/c1-2-4-6-8-10-12-14-16-18-20-22-24-26-28-29-27-25-23-21-19-17-15-13-11-9-7-5-3-1/h1-3H,4,6-29H2/b2-1-,5-3?. The molecular weight excluding hydrogens is 348 g/mol. The van der Waals surface area contributed by atoms with Gasteiger partial charge in [0.25, 0.3) is 0 Å². The van der Waals surface area contributed by atoms with Crippen LogP contribution in [0.5, 0.6) is 0 Å². The first-order chi connectivity index (χ1) is 14.5. The molecule has 0 amide bonds. The van der Waals surface area contributed by atoms with Crippen molar-refractivity contribution in [3.8, 4) is 0 Å². The molecule has 0 aromatic heterocycles. The maximum atomic E-state index is 3.45. The summed E-state index contributed by atoms with van der Waals surface area (Å²) >= 11 is 0. The van der Waals surface area contributed by atoms with E-state index in [0.717, 1.165) is 6.42 Å². The first-order valence-corrected chi connectivity index (χ1v) is 13.7. The van der Waals surface area contributed by atoms with E-state index in [2.05, 4.69) is 24.3 Å². The first kappa shape index (κ1) is 26.5. The van der Waals surface area contributed by atoms with Crippen molar-refractivity contribution in [2.75, 3.05) is 0 Å². The number of hydrogen-bond donors (Lipinski definition) is 0. The fraction of sp³-hybridized carbons (Fsp3) is 0.862. The Hall–Kier alpha value is -0.520. The summed E-state index contributed by atoms with van der Waals surface area (Å²) in [5, 5.41) is 0. The Morgan fingerprint density at radius 2 is 0.655 bits per heavy atom. The normalized spacial score (nSPS) is 25.1. The summed E-state index contributed by atoms with van der Waals surface area (Å²) in [4.78, 5) is 0. The molecule has 0 atom stereocenters. The van der Waals surface area contributed by atoms with E-state index >= 15 is 0 Å². The molecular formula is C29H53. The van der Waals surface area contributed by atoms with Crippen molar-refractivity contribution >= 4 is 0 Å². The van der Waals surface area contributed by atoms with E-state index in [1.807, 2.05) is 0 Å². The molecule has 0 aromatic rings. The molecule has 1 aliphatic rings. The Morgan fingerprint density at radius 1 is 0.345 bits per heavy atom. The zero-order valence-corrected chi connectivity index (χ0v) is 19.9. The maximum Gasteiger partial charge on any atom is -0.0276 e. The molecule has 0 saturated carbocycles. The Morgan fingerprint density at radius 3 is 1.03 bits per heavy atom. The monoisotopic (exact) mass is 401 g/mol. The van der Waals surface area contributed by atoms with Gasteiger partial charge in [0.05, 0.1) is 0 Å². The summed E-state index contributed by atoms with van der Waals surface area (Å²) in [7, 11) is 0. The molecule has 0 nitrogen and oxygen atoms in total. The quantitative estimate of drug-likeness (QED) is 0.378. The maximum absolute atomic E-state index is 3.45. The van der Waals surface area contributed by atoms with Gasteiger partial charge in [-0.2, -0.15) is 0 Å². The van der Waals surface area contributed by atoms with Crippen molar-refractivity contribution < 1.29 is 0 Å². The van der Waals surface area contributed by atoms with Gasteiger partial charge in [0, 0.05) is 0 Å². The van der Waals surface area contributed by atoms with Crippen LogP contribution in [0.25, 0.3) is 0 Å². The van der Waals surface area contributed by atoms with Gasteiger partial charge in [0.15, 0.2) is 0 Å². The summed E-state index contributed by atoms with van der Waals surface area (Å²) in [5.41, 5.74) is 0. The summed E-state index contributed by atoms with van der Waals surface area (Å²) in [5.74, 6) is 0. The lowest BCUT2D eigenvalue weighted by molar-refractivity contribution is 0.517. The second-order valence-electron chi connectivity index (χ2n) is 9.47. The lowest BCUT2D eigenvalue weighted by Gasteiger charge is -2.04. The van der Waals surface area contributed by atoms with Crippen LogP contribution in [0, 0.1) is 6.08 Å². The minimum Gasteiger partial charge on any atom is -0.0845 e. The van der Waals surface area contributed by atoms with Crippen molar-refractivity contribution in [3.63, 3.8) is 0 Å². The number of rotatable bonds is 0. The molecule has 29 heavy (non-hydrogen) atoms. The van der Waals surface area contributed by atoms with Crippen LogP contribution in [-0.2, 0) is 0 Å². The van der Waals surface area contributed by atoms with Crippen LogP contribution < -0.4 is 0 Å². The van der Waals surface area contributed by atoms with Crippen LogP contribution in [0.3, 0.4) is 0 Å². The minimum atomic E-state index is 1.14. The highest BCUT2D eigenvalue weighted by Gasteiger charge is 1.96. The summed E-state index contributed by atoms with van der Waals surface area (Å²) in [6.45, 7) is 0. The average molecular weight is 402 g/mol. The molecule has 169 valence electrons. The first-order valence-electron chi connectivity index (χ1n) is 13.7. The fourth-order valence-electron chi connectivity index (χ4n) is 4.52. The van der Waals surface area contributed by atoms with Gasteiger partial charge in [0.1, 0.15) is 0 Å². The van der Waals surface area contributed by atoms with Crippen molar-refractivity contribution in [2.45, 2.75) is 161 Å². The molecule has 0 heterocycles. The smallest absolute Gasteiger partial charge is 0.0276 e. The van der Waals surface area contributed by atoms with Crippen LogP contribution in [0.4, 0.5) is 0 Å². The molecule has 0 fully saturated rings. The summed E-state index contributed by atoms with van der Waals surface area (Å²) in [6, 6.07) is 0. The van der Waals surface area contributed by atoms with Gasteiger partial charge in [-0.3, -0.25) is 0 Å². The Kier molecular flexibility index (Phi) is 21.7. The third-order valence-electron chi connectivity index (χ3n) is 6.54. The molecule has 1 aliphatic carbocycles. The largest absolute Gasteiger partial charge is 0.0845 e. The van der Waals surface area contributed by atoms with Gasteiger partial charge in [-0.15, -0.1) is 0 Å². The van der Waals surface area contributed by atoms with Crippen molar-refractivity contribution in [3.05, 3.63) is 24.3 Å². The second-order valence-corrected chi connectivity index (χ2v) is 9.47. The van der Waals surface area contributed by atoms with Crippen LogP contribution >= 0.6 is 0 Å². The van der Waals surface area contributed by atoms with E-state index < -0.39 is 0 Å². The third-order valence-corrected chi connectivity index (χ3v) is 6.54. The third kappa shape index (κ3) is 22.0. The van der Waals surface area contributed by atoms with E-state index in [4.69, 9.17) is 0 Å². The molecule has 1 rings (SSSR count). The number of hydrogen-bond acceptors (Lipinski definition) is 0. The highest BCUT2D eigenvalue weighted by Crippen LogP contribution is 2.16. The molecule has 0 spiro atoms. The SMILES string of the molecule is [C]1=C\C=C/CCCCCCCCCCCCCCCCCCCCCCCCC/1. The van der Waals surface area contributed by atoms with E-state index in [-0.39, 0.29) is 0 Å². The van der Waals surface area contributed by atoms with E-state index in [9.17, 15) is 0 Å². The van der Waals surface area contributed by atoms with Crippen LogP contribution in [0.2, 0.25) is 0 Å².